The van der Waals surface area contributed by atoms with Gasteiger partial charge >= 0.3 is 5.97 Å². The van der Waals surface area contributed by atoms with Crippen LogP contribution in [0.15, 0.2) is 29.2 Å². The van der Waals surface area contributed by atoms with E-state index in [-0.39, 0.29) is 23.0 Å². The number of hydrogen-bond donors (Lipinski definition) is 0. The molecule has 0 aromatic heterocycles. The topological polar surface area (TPSA) is 84.0 Å². The molecule has 0 N–H and O–H groups in total. The summed E-state index contributed by atoms with van der Waals surface area (Å²) in [6.07, 6.45) is 5.96. The van der Waals surface area contributed by atoms with Crippen LogP contribution in [-0.2, 0) is 19.6 Å². The SMILES string of the molecule is CN(C)S(=O)(=O)c1cccc(C(=O)OCC(=O)N2CC[C@H]3CCCC[C@H]3C2)c1. The molecule has 7 nitrogen and oxygen atoms in total. The summed E-state index contributed by atoms with van der Waals surface area (Å²) in [5, 5.41) is 0. The summed E-state index contributed by atoms with van der Waals surface area (Å²) in [7, 11) is -0.792. The fraction of sp³-hybridized carbons (Fsp3) is 0.600. The van der Waals surface area contributed by atoms with Crippen LogP contribution in [0, 0.1) is 11.8 Å². The predicted molar refractivity (Wildman–Crippen MR) is 104 cm³/mol. The summed E-state index contributed by atoms with van der Waals surface area (Å²) < 4.78 is 30.7. The van der Waals surface area contributed by atoms with Gasteiger partial charge in [0, 0.05) is 27.2 Å². The van der Waals surface area contributed by atoms with Crippen LogP contribution in [0.1, 0.15) is 42.5 Å². The molecule has 1 aliphatic heterocycles. The molecule has 1 saturated carbocycles. The minimum atomic E-state index is -3.64. The van der Waals surface area contributed by atoms with Gasteiger partial charge in [0.2, 0.25) is 10.0 Å². The van der Waals surface area contributed by atoms with E-state index in [1.54, 1.807) is 4.90 Å². The molecule has 1 saturated heterocycles. The van der Waals surface area contributed by atoms with Crippen molar-refractivity contribution in [3.63, 3.8) is 0 Å². The Labute approximate surface area is 166 Å². The number of nitrogens with zero attached hydrogens (tertiary/aromatic N) is 2. The molecule has 2 aliphatic rings. The van der Waals surface area contributed by atoms with E-state index in [0.29, 0.717) is 12.5 Å². The Morgan fingerprint density at radius 3 is 2.57 bits per heavy atom. The van der Waals surface area contributed by atoms with Crippen LogP contribution < -0.4 is 0 Å². The summed E-state index contributed by atoms with van der Waals surface area (Å²) >= 11 is 0. The first kappa shape index (κ1) is 20.8. The second-order valence-electron chi connectivity index (χ2n) is 7.82. The van der Waals surface area contributed by atoms with Crippen LogP contribution in [-0.4, -0.2) is 63.3 Å². The van der Waals surface area contributed by atoms with Crippen LogP contribution in [0.3, 0.4) is 0 Å². The smallest absolute Gasteiger partial charge is 0.338 e. The van der Waals surface area contributed by atoms with Crippen molar-refractivity contribution in [1.82, 2.24) is 9.21 Å². The van der Waals surface area contributed by atoms with Crippen molar-refractivity contribution in [2.24, 2.45) is 11.8 Å². The largest absolute Gasteiger partial charge is 0.452 e. The molecule has 8 heteroatoms. The van der Waals surface area contributed by atoms with Gasteiger partial charge in [-0.3, -0.25) is 4.79 Å². The van der Waals surface area contributed by atoms with Gasteiger partial charge in [-0.15, -0.1) is 0 Å². The molecule has 0 spiro atoms. The molecule has 2 fully saturated rings. The van der Waals surface area contributed by atoms with Gasteiger partial charge in [-0.25, -0.2) is 17.5 Å². The van der Waals surface area contributed by atoms with Gasteiger partial charge in [0.15, 0.2) is 6.61 Å². The monoisotopic (exact) mass is 408 g/mol. The maximum atomic E-state index is 12.5. The van der Waals surface area contributed by atoms with Crippen molar-refractivity contribution in [2.45, 2.75) is 37.0 Å². The Balaban J connectivity index is 1.57. The van der Waals surface area contributed by atoms with Gasteiger partial charge < -0.3 is 9.64 Å². The molecule has 1 aliphatic carbocycles. The number of esters is 1. The molecule has 0 bridgehead atoms. The van der Waals surface area contributed by atoms with E-state index in [1.807, 2.05) is 0 Å². The lowest BCUT2D eigenvalue weighted by atomic mass is 9.75. The minimum absolute atomic E-state index is 0.0117. The molecule has 28 heavy (non-hydrogen) atoms. The minimum Gasteiger partial charge on any atom is -0.452 e. The maximum absolute atomic E-state index is 12.5. The Morgan fingerprint density at radius 1 is 1.14 bits per heavy atom. The number of benzene rings is 1. The normalized spacial score (nSPS) is 22.6. The lowest BCUT2D eigenvalue weighted by Crippen LogP contribution is -2.46. The number of carbonyl (C=O) groups is 2. The van der Waals surface area contributed by atoms with E-state index in [1.165, 1.54) is 64.0 Å². The fourth-order valence-corrected chi connectivity index (χ4v) is 5.07. The van der Waals surface area contributed by atoms with Crippen molar-refractivity contribution in [3.8, 4) is 0 Å². The highest BCUT2D eigenvalue weighted by Crippen LogP contribution is 2.36. The second kappa shape index (κ2) is 8.61. The van der Waals surface area contributed by atoms with Gasteiger partial charge in [-0.2, -0.15) is 0 Å². The third-order valence-corrected chi connectivity index (χ3v) is 7.63. The van der Waals surface area contributed by atoms with Gasteiger partial charge in [-0.05, 0) is 42.9 Å². The molecule has 1 aromatic carbocycles. The number of sulfonamides is 1. The van der Waals surface area contributed by atoms with Crippen LogP contribution in [0.4, 0.5) is 0 Å². The quantitative estimate of drug-likeness (QED) is 0.697. The molecule has 0 radical (unpaired) electrons. The van der Waals surface area contributed by atoms with E-state index in [9.17, 15) is 18.0 Å². The van der Waals surface area contributed by atoms with E-state index >= 15 is 0 Å². The van der Waals surface area contributed by atoms with Crippen LogP contribution in [0.25, 0.3) is 0 Å². The molecular formula is C20H28N2O5S. The van der Waals surface area contributed by atoms with E-state index in [2.05, 4.69) is 0 Å². The first-order chi connectivity index (χ1) is 13.3. The number of fused-ring (bicyclic) bond motifs is 1. The van der Waals surface area contributed by atoms with E-state index < -0.39 is 16.0 Å². The molecule has 3 rings (SSSR count). The number of carbonyl (C=O) groups excluding carboxylic acids is 2. The fourth-order valence-electron chi connectivity index (χ4n) is 4.12. The highest BCUT2D eigenvalue weighted by molar-refractivity contribution is 7.89. The van der Waals surface area contributed by atoms with Crippen molar-refractivity contribution in [3.05, 3.63) is 29.8 Å². The number of ether oxygens (including phenoxy) is 1. The highest BCUT2D eigenvalue weighted by atomic mass is 32.2. The summed E-state index contributed by atoms with van der Waals surface area (Å²) in [6, 6.07) is 5.67. The van der Waals surface area contributed by atoms with Crippen molar-refractivity contribution < 1.29 is 22.7 Å². The van der Waals surface area contributed by atoms with Crippen LogP contribution in [0.2, 0.25) is 0 Å². The zero-order valence-corrected chi connectivity index (χ0v) is 17.3. The van der Waals surface area contributed by atoms with E-state index in [0.717, 1.165) is 23.2 Å². The molecular weight excluding hydrogens is 380 g/mol. The summed E-state index contributed by atoms with van der Waals surface area (Å²) in [6.45, 7) is 1.15. The van der Waals surface area contributed by atoms with E-state index in [4.69, 9.17) is 4.74 Å². The van der Waals surface area contributed by atoms with Gasteiger partial charge in [0.05, 0.1) is 10.5 Å². The average Bonchev–Trinajstić information content (AvgIpc) is 2.71. The third kappa shape index (κ3) is 4.55. The summed E-state index contributed by atoms with van der Waals surface area (Å²) in [4.78, 5) is 26.6. The lowest BCUT2D eigenvalue weighted by Gasteiger charge is -2.41. The zero-order chi connectivity index (χ0) is 20.3. The Hall–Kier alpha value is -1.93. The Kier molecular flexibility index (Phi) is 6.40. The summed E-state index contributed by atoms with van der Waals surface area (Å²) in [5.41, 5.74) is 0.113. The summed E-state index contributed by atoms with van der Waals surface area (Å²) in [5.74, 6) is 0.406. The molecule has 1 heterocycles. The van der Waals surface area contributed by atoms with Crippen LogP contribution in [0.5, 0.6) is 0 Å². The molecule has 1 aromatic rings. The van der Waals surface area contributed by atoms with Crippen molar-refractivity contribution in [1.29, 1.82) is 0 Å². The van der Waals surface area contributed by atoms with Crippen molar-refractivity contribution in [2.75, 3.05) is 33.8 Å². The molecule has 154 valence electrons. The third-order valence-electron chi connectivity index (χ3n) is 5.82. The maximum Gasteiger partial charge on any atom is 0.338 e. The number of piperidine rings is 1. The van der Waals surface area contributed by atoms with Crippen molar-refractivity contribution >= 4 is 21.9 Å². The zero-order valence-electron chi connectivity index (χ0n) is 16.5. The first-order valence-corrected chi connectivity index (χ1v) is 11.2. The lowest BCUT2D eigenvalue weighted by molar-refractivity contribution is -0.137. The number of amides is 1. The Bertz CT molecular complexity index is 837. The predicted octanol–water partition coefficient (Wildman–Crippen LogP) is 2.13. The Morgan fingerprint density at radius 2 is 1.86 bits per heavy atom. The average molecular weight is 409 g/mol. The molecule has 2 atom stereocenters. The van der Waals surface area contributed by atoms with Gasteiger partial charge in [0.25, 0.3) is 5.91 Å². The van der Waals surface area contributed by atoms with Gasteiger partial charge in [-0.1, -0.05) is 25.3 Å². The number of hydrogen-bond acceptors (Lipinski definition) is 5. The first-order valence-electron chi connectivity index (χ1n) is 9.76. The second-order valence-corrected chi connectivity index (χ2v) is 9.98. The van der Waals surface area contributed by atoms with Gasteiger partial charge in [0.1, 0.15) is 0 Å². The van der Waals surface area contributed by atoms with Crippen LogP contribution >= 0.6 is 0 Å². The number of rotatable bonds is 5. The standard InChI is InChI=1S/C20H28N2O5S/c1-21(2)28(25,26)18-9-5-8-16(12-18)20(24)27-14-19(23)22-11-10-15-6-3-4-7-17(15)13-22/h5,8-9,12,15,17H,3-4,6-7,10-11,13-14H2,1-2H3/t15-,17+/m1/s1. The molecule has 0 unspecified atom stereocenters. The number of likely N-dealkylation sites (tertiary alicyclic amines) is 1. The highest BCUT2D eigenvalue weighted by Gasteiger charge is 2.33. The molecule has 1 amide bonds.